The maximum absolute atomic E-state index is 5.42. The van der Waals surface area contributed by atoms with E-state index in [0.717, 1.165) is 77.4 Å². The fourth-order valence-corrected chi connectivity index (χ4v) is 8.12. The van der Waals surface area contributed by atoms with Crippen LogP contribution in [0.25, 0.3) is 111 Å². The Bertz CT molecular complexity index is 3270. The summed E-state index contributed by atoms with van der Waals surface area (Å²) < 4.78 is 0. The molecule has 0 amide bonds. The first-order chi connectivity index (χ1) is 28.7. The van der Waals surface area contributed by atoms with E-state index in [4.69, 9.17) is 24.9 Å². The third kappa shape index (κ3) is 5.94. The Morgan fingerprint density at radius 3 is 1.64 bits per heavy atom. The Hall–Kier alpha value is -7.89. The van der Waals surface area contributed by atoms with Crippen LogP contribution >= 0.6 is 0 Å². The zero-order chi connectivity index (χ0) is 38.4. The molecule has 0 saturated carbocycles. The van der Waals surface area contributed by atoms with E-state index in [1.807, 2.05) is 72.9 Å². The van der Waals surface area contributed by atoms with Crippen molar-refractivity contribution in [3.8, 4) is 67.7 Å². The molecule has 0 unspecified atom stereocenters. The smallest absolute Gasteiger partial charge is 0.164 e. The molecule has 5 nitrogen and oxygen atoms in total. The summed E-state index contributed by atoms with van der Waals surface area (Å²) >= 11 is 0. The summed E-state index contributed by atoms with van der Waals surface area (Å²) in [5, 5.41) is 6.94. The highest BCUT2D eigenvalue weighted by Crippen LogP contribution is 2.40. The van der Waals surface area contributed by atoms with Crippen molar-refractivity contribution < 1.29 is 0 Å². The van der Waals surface area contributed by atoms with Crippen molar-refractivity contribution in [2.75, 3.05) is 0 Å². The van der Waals surface area contributed by atoms with Crippen molar-refractivity contribution in [2.45, 2.75) is 0 Å². The largest absolute Gasteiger partial charge is 0.256 e. The molecule has 5 heteroatoms. The summed E-state index contributed by atoms with van der Waals surface area (Å²) in [4.78, 5) is 25.5. The van der Waals surface area contributed by atoms with Crippen molar-refractivity contribution >= 4 is 43.4 Å². The molecular weight excluding hydrogens is 707 g/mol. The van der Waals surface area contributed by atoms with Crippen LogP contribution in [-0.2, 0) is 0 Å². The molecule has 0 spiro atoms. The number of para-hydroxylation sites is 1. The number of fused-ring (bicyclic) bond motifs is 6. The minimum atomic E-state index is 0.590. The number of hydrogen-bond acceptors (Lipinski definition) is 5. The van der Waals surface area contributed by atoms with Gasteiger partial charge in [-0.3, -0.25) is 4.98 Å². The molecule has 3 heterocycles. The molecule has 8 aromatic carbocycles. The predicted octanol–water partition coefficient (Wildman–Crippen LogP) is 13.3. The molecule has 0 radical (unpaired) electrons. The first-order valence-electron chi connectivity index (χ1n) is 19.4. The van der Waals surface area contributed by atoms with Gasteiger partial charge in [0.25, 0.3) is 0 Å². The lowest BCUT2D eigenvalue weighted by Crippen LogP contribution is -2.00. The van der Waals surface area contributed by atoms with Crippen LogP contribution in [0.2, 0.25) is 0 Å². The monoisotopic (exact) mass is 739 g/mol. The molecule has 0 fully saturated rings. The lowest BCUT2D eigenvalue weighted by atomic mass is 9.92. The highest BCUT2D eigenvalue weighted by molar-refractivity contribution is 6.22. The fourth-order valence-electron chi connectivity index (χ4n) is 8.12. The van der Waals surface area contributed by atoms with E-state index in [1.165, 1.54) is 16.2 Å². The zero-order valence-electron chi connectivity index (χ0n) is 31.3. The molecule has 0 aliphatic heterocycles. The second kappa shape index (κ2) is 14.0. The number of pyridine rings is 2. The van der Waals surface area contributed by atoms with Crippen molar-refractivity contribution in [2.24, 2.45) is 0 Å². The van der Waals surface area contributed by atoms with Gasteiger partial charge in [0, 0.05) is 55.6 Å². The standard InChI is InChI=1S/C53H33N5/c1-4-15-36(16-5-1)50-46-28-25-34-14-10-11-23-43(34)48(46)45-27-26-39(33-47(45)55-50)40-30-41(44-24-12-21-35-22-13-29-54-49(35)44)32-42(31-40)53-57-51(37-17-6-2-7-18-37)56-52(58-53)38-19-8-3-9-20-38/h1-33H. The van der Waals surface area contributed by atoms with Crippen LogP contribution in [0.5, 0.6) is 0 Å². The number of nitrogens with zero attached hydrogens (tertiary/aromatic N) is 5. The van der Waals surface area contributed by atoms with Gasteiger partial charge in [-0.25, -0.2) is 19.9 Å². The predicted molar refractivity (Wildman–Crippen MR) is 238 cm³/mol. The van der Waals surface area contributed by atoms with Crippen molar-refractivity contribution in [1.29, 1.82) is 0 Å². The molecule has 0 N–H and O–H groups in total. The number of hydrogen-bond donors (Lipinski definition) is 0. The van der Waals surface area contributed by atoms with Gasteiger partial charge in [0.1, 0.15) is 0 Å². The van der Waals surface area contributed by atoms with E-state index in [0.29, 0.717) is 17.5 Å². The van der Waals surface area contributed by atoms with Crippen LogP contribution in [0.4, 0.5) is 0 Å². The Labute approximate surface area is 335 Å². The molecule has 11 rings (SSSR count). The van der Waals surface area contributed by atoms with Crippen LogP contribution in [0, 0.1) is 0 Å². The molecule has 3 aromatic heterocycles. The Morgan fingerprint density at radius 2 is 0.897 bits per heavy atom. The summed E-state index contributed by atoms with van der Waals surface area (Å²) in [6.07, 6.45) is 1.86. The fraction of sp³-hybridized carbons (Fsp3) is 0. The molecular formula is C53H33N5. The maximum atomic E-state index is 5.42. The summed E-state index contributed by atoms with van der Waals surface area (Å²) in [5.41, 5.74) is 10.7. The first kappa shape index (κ1) is 33.4. The third-order valence-corrected chi connectivity index (χ3v) is 10.9. The number of rotatable bonds is 6. The number of benzene rings is 8. The average Bonchev–Trinajstić information content (AvgIpc) is 3.31. The van der Waals surface area contributed by atoms with Crippen LogP contribution < -0.4 is 0 Å². The maximum Gasteiger partial charge on any atom is 0.164 e. The minimum absolute atomic E-state index is 0.590. The molecule has 0 atom stereocenters. The summed E-state index contributed by atoms with van der Waals surface area (Å²) in [6, 6.07) is 67.4. The molecule has 270 valence electrons. The quantitative estimate of drug-likeness (QED) is 0.159. The zero-order valence-corrected chi connectivity index (χ0v) is 31.3. The van der Waals surface area contributed by atoms with Gasteiger partial charge >= 0.3 is 0 Å². The molecule has 0 bridgehead atoms. The highest BCUT2D eigenvalue weighted by Gasteiger charge is 2.18. The first-order valence-corrected chi connectivity index (χ1v) is 19.4. The van der Waals surface area contributed by atoms with Gasteiger partial charge in [0.15, 0.2) is 17.5 Å². The van der Waals surface area contributed by atoms with E-state index in [9.17, 15) is 0 Å². The molecule has 0 aliphatic carbocycles. The average molecular weight is 740 g/mol. The van der Waals surface area contributed by atoms with E-state index in [-0.39, 0.29) is 0 Å². The highest BCUT2D eigenvalue weighted by atomic mass is 15.0. The SMILES string of the molecule is c1ccc(-c2nc(-c3ccccc3)nc(-c3cc(-c4ccc5c(c4)nc(-c4ccccc4)c4ccc6ccccc6c45)cc(-c4cccc5cccnc45)c3)n2)cc1. The van der Waals surface area contributed by atoms with E-state index >= 15 is 0 Å². The van der Waals surface area contributed by atoms with Crippen LogP contribution in [0.3, 0.4) is 0 Å². The Balaban J connectivity index is 1.17. The van der Waals surface area contributed by atoms with E-state index in [2.05, 4.69) is 127 Å². The van der Waals surface area contributed by atoms with Gasteiger partial charge in [-0.2, -0.15) is 0 Å². The van der Waals surface area contributed by atoms with Crippen molar-refractivity contribution in [3.63, 3.8) is 0 Å². The van der Waals surface area contributed by atoms with Gasteiger partial charge in [0.2, 0.25) is 0 Å². The summed E-state index contributed by atoms with van der Waals surface area (Å²) in [5.74, 6) is 1.82. The topological polar surface area (TPSA) is 64.5 Å². The normalized spacial score (nSPS) is 11.4. The Morgan fingerprint density at radius 1 is 0.310 bits per heavy atom. The van der Waals surface area contributed by atoms with E-state index in [1.54, 1.807) is 0 Å². The molecule has 58 heavy (non-hydrogen) atoms. The second-order valence-corrected chi connectivity index (χ2v) is 14.5. The molecule has 11 aromatic rings. The lowest BCUT2D eigenvalue weighted by molar-refractivity contribution is 1.07. The lowest BCUT2D eigenvalue weighted by Gasteiger charge is -2.15. The van der Waals surface area contributed by atoms with Crippen LogP contribution in [-0.4, -0.2) is 24.9 Å². The van der Waals surface area contributed by atoms with Gasteiger partial charge < -0.3 is 0 Å². The van der Waals surface area contributed by atoms with Gasteiger partial charge in [0.05, 0.1) is 16.7 Å². The van der Waals surface area contributed by atoms with E-state index < -0.39 is 0 Å². The van der Waals surface area contributed by atoms with Crippen LogP contribution in [0.15, 0.2) is 200 Å². The van der Waals surface area contributed by atoms with Gasteiger partial charge in [-0.15, -0.1) is 0 Å². The summed E-state index contributed by atoms with van der Waals surface area (Å²) in [6.45, 7) is 0. The molecule has 0 aliphatic rings. The Kier molecular flexibility index (Phi) is 8.07. The van der Waals surface area contributed by atoms with Gasteiger partial charge in [-0.1, -0.05) is 164 Å². The second-order valence-electron chi connectivity index (χ2n) is 14.5. The molecule has 0 saturated heterocycles. The van der Waals surface area contributed by atoms with Crippen molar-refractivity contribution in [3.05, 3.63) is 200 Å². The summed E-state index contributed by atoms with van der Waals surface area (Å²) in [7, 11) is 0. The van der Waals surface area contributed by atoms with Gasteiger partial charge in [-0.05, 0) is 57.8 Å². The number of aromatic nitrogens is 5. The third-order valence-electron chi connectivity index (χ3n) is 10.9. The van der Waals surface area contributed by atoms with Crippen molar-refractivity contribution in [1.82, 2.24) is 24.9 Å². The van der Waals surface area contributed by atoms with Crippen LogP contribution in [0.1, 0.15) is 0 Å². The minimum Gasteiger partial charge on any atom is -0.256 e.